The molecule has 11 heteroatoms. The Hall–Kier alpha value is -3.24. The molecule has 1 fully saturated rings. The summed E-state index contributed by atoms with van der Waals surface area (Å²) in [5.41, 5.74) is 0.642. The fourth-order valence-corrected chi connectivity index (χ4v) is 3.85. The zero-order chi connectivity index (χ0) is 21.8. The number of nitrogens with zero attached hydrogens (tertiary/aromatic N) is 6. The number of fused-ring (bicyclic) bond motifs is 1. The van der Waals surface area contributed by atoms with E-state index in [2.05, 4.69) is 25.5 Å². The molecule has 4 heterocycles. The van der Waals surface area contributed by atoms with Crippen molar-refractivity contribution in [1.29, 1.82) is 0 Å². The maximum atomic E-state index is 12.9. The lowest BCUT2D eigenvalue weighted by Gasteiger charge is -2.22. The molecule has 1 atom stereocenters. The van der Waals surface area contributed by atoms with Crippen molar-refractivity contribution in [2.45, 2.75) is 50.4 Å². The molecule has 162 valence electrons. The molecule has 5 rings (SSSR count). The smallest absolute Gasteiger partial charge is 0.341 e. The zero-order valence-corrected chi connectivity index (χ0v) is 16.7. The lowest BCUT2D eigenvalue weighted by atomic mass is 10.1. The van der Waals surface area contributed by atoms with Crippen LogP contribution in [0.5, 0.6) is 0 Å². The minimum Gasteiger partial charge on any atom is -0.341 e. The number of rotatable bonds is 4. The third-order valence-corrected chi connectivity index (χ3v) is 5.62. The van der Waals surface area contributed by atoms with Gasteiger partial charge < -0.3 is 5.32 Å². The van der Waals surface area contributed by atoms with Crippen LogP contribution in [-0.4, -0.2) is 35.4 Å². The van der Waals surface area contributed by atoms with Crippen LogP contribution in [0.25, 0.3) is 11.4 Å². The number of aryl methyl sites for hydroxylation is 2. The second-order valence-corrected chi connectivity index (χ2v) is 7.96. The largest absolute Gasteiger partial charge is 0.435 e. The first kappa shape index (κ1) is 19.7. The van der Waals surface area contributed by atoms with Crippen LogP contribution >= 0.6 is 0 Å². The third kappa shape index (κ3) is 3.79. The van der Waals surface area contributed by atoms with Crippen molar-refractivity contribution in [3.63, 3.8) is 0 Å². The van der Waals surface area contributed by atoms with Crippen molar-refractivity contribution >= 4 is 5.91 Å². The Bertz CT molecular complexity index is 1150. The van der Waals surface area contributed by atoms with Crippen LogP contribution in [-0.2, 0) is 19.8 Å². The molecule has 1 amide bonds. The van der Waals surface area contributed by atoms with Gasteiger partial charge in [0.2, 0.25) is 0 Å². The Morgan fingerprint density at radius 3 is 2.71 bits per heavy atom. The van der Waals surface area contributed by atoms with Crippen LogP contribution in [0.2, 0.25) is 0 Å². The Morgan fingerprint density at radius 1 is 1.19 bits per heavy atom. The lowest BCUT2D eigenvalue weighted by Crippen LogP contribution is -2.34. The zero-order valence-electron chi connectivity index (χ0n) is 16.7. The Kier molecular flexibility index (Phi) is 4.56. The molecule has 3 aromatic rings. The number of amides is 1. The molecule has 3 aromatic heterocycles. The average Bonchev–Trinajstić information content (AvgIpc) is 3.35. The predicted octanol–water partition coefficient (Wildman–Crippen LogP) is 3.23. The molecule has 31 heavy (non-hydrogen) atoms. The first-order valence-electron chi connectivity index (χ1n) is 10.1. The summed E-state index contributed by atoms with van der Waals surface area (Å²) in [6, 6.07) is 4.16. The number of hydrogen-bond acceptors (Lipinski definition) is 5. The first-order valence-corrected chi connectivity index (χ1v) is 10.1. The molecule has 1 N–H and O–H groups in total. The van der Waals surface area contributed by atoms with Gasteiger partial charge in [-0.15, -0.1) is 0 Å². The molecule has 0 aromatic carbocycles. The maximum Gasteiger partial charge on any atom is 0.435 e. The Morgan fingerprint density at radius 2 is 2.00 bits per heavy atom. The lowest BCUT2D eigenvalue weighted by molar-refractivity contribution is -0.141. The second-order valence-electron chi connectivity index (χ2n) is 7.96. The molecule has 0 unspecified atom stereocenters. The number of alkyl halides is 3. The first-order chi connectivity index (χ1) is 14.8. The summed E-state index contributed by atoms with van der Waals surface area (Å²) in [6.45, 7) is 0.666. The van der Waals surface area contributed by atoms with Gasteiger partial charge in [-0.25, -0.2) is 9.67 Å². The van der Waals surface area contributed by atoms with E-state index in [0.29, 0.717) is 30.5 Å². The van der Waals surface area contributed by atoms with E-state index in [1.54, 1.807) is 10.9 Å². The van der Waals surface area contributed by atoms with Gasteiger partial charge in [0, 0.05) is 43.0 Å². The quantitative estimate of drug-likeness (QED) is 0.685. The summed E-state index contributed by atoms with van der Waals surface area (Å²) < 4.78 is 41.4. The van der Waals surface area contributed by atoms with Crippen LogP contribution in [0, 0.1) is 0 Å². The number of carbonyl (C=O) groups is 1. The highest BCUT2D eigenvalue weighted by atomic mass is 19.4. The molecule has 1 saturated carbocycles. The van der Waals surface area contributed by atoms with Crippen molar-refractivity contribution < 1.29 is 18.0 Å². The standard InChI is InChI=1S/C20H20F3N7O/c1-29-15(10-16(27-29)20(21,22)23)19(31)25-13-3-2-8-30-18(13)26-17(28-30)12-6-7-24-14(9-12)11-4-5-11/h6-7,9-11,13H,2-5,8H2,1H3,(H,25,31)/t13-/m0/s1. The summed E-state index contributed by atoms with van der Waals surface area (Å²) in [7, 11) is 1.31. The van der Waals surface area contributed by atoms with E-state index in [1.807, 2.05) is 12.1 Å². The minimum absolute atomic E-state index is 0.160. The van der Waals surface area contributed by atoms with Crippen LogP contribution in [0.15, 0.2) is 24.4 Å². The number of halogens is 3. The van der Waals surface area contributed by atoms with Gasteiger partial charge in [0.15, 0.2) is 11.5 Å². The van der Waals surface area contributed by atoms with E-state index >= 15 is 0 Å². The molecule has 8 nitrogen and oxygen atoms in total. The normalized spacial score (nSPS) is 18.6. The van der Waals surface area contributed by atoms with Gasteiger partial charge in [-0.3, -0.25) is 14.5 Å². The Balaban J connectivity index is 1.39. The van der Waals surface area contributed by atoms with Gasteiger partial charge >= 0.3 is 6.18 Å². The van der Waals surface area contributed by atoms with Crippen molar-refractivity contribution in [3.05, 3.63) is 47.3 Å². The van der Waals surface area contributed by atoms with Crippen LogP contribution in [0.3, 0.4) is 0 Å². The van der Waals surface area contributed by atoms with E-state index in [9.17, 15) is 18.0 Å². The molecule has 0 radical (unpaired) electrons. The SMILES string of the molecule is Cn1nc(C(F)(F)F)cc1C(=O)N[C@H]1CCCn2nc(-c3ccnc(C4CC4)c3)nc21. The molecule has 0 saturated heterocycles. The second kappa shape index (κ2) is 7.17. The molecule has 1 aliphatic carbocycles. The van der Waals surface area contributed by atoms with Crippen molar-refractivity contribution in [2.75, 3.05) is 0 Å². The molecule has 0 spiro atoms. The highest BCUT2D eigenvalue weighted by molar-refractivity contribution is 5.93. The molecular weight excluding hydrogens is 411 g/mol. The van der Waals surface area contributed by atoms with Crippen LogP contribution in [0.4, 0.5) is 13.2 Å². The monoisotopic (exact) mass is 431 g/mol. The van der Waals surface area contributed by atoms with Gasteiger partial charge in [0.1, 0.15) is 11.5 Å². The predicted molar refractivity (Wildman–Crippen MR) is 103 cm³/mol. The number of carbonyl (C=O) groups excluding carboxylic acids is 1. The third-order valence-electron chi connectivity index (χ3n) is 5.62. The molecule has 0 bridgehead atoms. The van der Waals surface area contributed by atoms with Crippen molar-refractivity contribution in [1.82, 2.24) is 34.8 Å². The van der Waals surface area contributed by atoms with E-state index in [-0.39, 0.29) is 5.69 Å². The van der Waals surface area contributed by atoms with Crippen molar-refractivity contribution in [2.24, 2.45) is 7.05 Å². The molecular formula is C20H20F3N7O. The topological polar surface area (TPSA) is 90.5 Å². The van der Waals surface area contributed by atoms with Crippen LogP contribution in [0.1, 0.15) is 65.3 Å². The number of pyridine rings is 1. The molecule has 1 aliphatic heterocycles. The fraction of sp³-hybridized carbons (Fsp3) is 0.450. The summed E-state index contributed by atoms with van der Waals surface area (Å²) in [4.78, 5) is 21.7. The summed E-state index contributed by atoms with van der Waals surface area (Å²) >= 11 is 0. The highest BCUT2D eigenvalue weighted by Crippen LogP contribution is 2.39. The van der Waals surface area contributed by atoms with E-state index < -0.39 is 23.8 Å². The van der Waals surface area contributed by atoms with Crippen molar-refractivity contribution in [3.8, 4) is 11.4 Å². The van der Waals surface area contributed by atoms with E-state index in [0.717, 1.165) is 41.3 Å². The fourth-order valence-electron chi connectivity index (χ4n) is 3.85. The van der Waals surface area contributed by atoms with E-state index in [4.69, 9.17) is 0 Å². The Labute approximate surface area is 175 Å². The van der Waals surface area contributed by atoms with Crippen LogP contribution < -0.4 is 5.32 Å². The van der Waals surface area contributed by atoms with Gasteiger partial charge in [0.05, 0.1) is 6.04 Å². The number of hydrogen-bond donors (Lipinski definition) is 1. The molecule has 2 aliphatic rings. The summed E-state index contributed by atoms with van der Waals surface area (Å²) in [5, 5.41) is 10.8. The number of nitrogens with one attached hydrogen (secondary N) is 1. The summed E-state index contributed by atoms with van der Waals surface area (Å²) in [6.07, 6.45) is 0.813. The minimum atomic E-state index is -4.61. The van der Waals surface area contributed by atoms with Gasteiger partial charge in [-0.2, -0.15) is 23.4 Å². The maximum absolute atomic E-state index is 12.9. The van der Waals surface area contributed by atoms with Gasteiger partial charge in [0.25, 0.3) is 5.91 Å². The highest BCUT2D eigenvalue weighted by Gasteiger charge is 2.36. The number of aromatic nitrogens is 6. The van der Waals surface area contributed by atoms with Gasteiger partial charge in [-0.05, 0) is 37.8 Å². The summed E-state index contributed by atoms with van der Waals surface area (Å²) in [5.74, 6) is 1.02. The average molecular weight is 431 g/mol. The van der Waals surface area contributed by atoms with E-state index in [1.165, 1.54) is 7.05 Å². The van der Waals surface area contributed by atoms with Gasteiger partial charge in [-0.1, -0.05) is 0 Å².